The van der Waals surface area contributed by atoms with E-state index >= 15 is 0 Å². The fourth-order valence-electron chi connectivity index (χ4n) is 4.66. The maximum atomic E-state index is 13.4. The van der Waals surface area contributed by atoms with Crippen LogP contribution in [0.1, 0.15) is 78.3 Å². The van der Waals surface area contributed by atoms with Gasteiger partial charge in [-0.1, -0.05) is 70.2 Å². The molecule has 0 aliphatic heterocycles. The second-order valence-electron chi connectivity index (χ2n) is 11.5. The Morgan fingerprint density at radius 3 is 1.33 bits per heavy atom. The highest BCUT2D eigenvalue weighted by Gasteiger charge is 2.15. The van der Waals surface area contributed by atoms with Crippen LogP contribution in [0.2, 0.25) is 0 Å². The predicted octanol–water partition coefficient (Wildman–Crippen LogP) is 13.2. The number of nitrogens with two attached hydrogens (primary N) is 1. The first-order valence-electron chi connectivity index (χ1n) is 16.2. The number of aromatic nitrogens is 4. The van der Waals surface area contributed by atoms with Crippen LogP contribution < -0.4 is 10.7 Å². The molecule has 0 saturated heterocycles. The molecule has 0 fully saturated rings. The summed E-state index contributed by atoms with van der Waals surface area (Å²) >= 11 is 0. The molecule has 372 valence electrons. The highest BCUT2D eigenvalue weighted by atomic mass is 127. The summed E-state index contributed by atoms with van der Waals surface area (Å²) in [5, 5.41) is 11.0. The van der Waals surface area contributed by atoms with Gasteiger partial charge in [-0.05, 0) is 18.2 Å². The van der Waals surface area contributed by atoms with E-state index in [0.717, 1.165) is 30.4 Å². The number of hydrogen-bond acceptors (Lipinski definition) is 7. The molecule has 21 heteroatoms. The van der Waals surface area contributed by atoms with Gasteiger partial charge in [0.25, 0.3) is 0 Å². The van der Waals surface area contributed by atoms with Crippen molar-refractivity contribution in [3.05, 3.63) is 160 Å². The molecule has 5 aromatic carbocycles. The lowest BCUT2D eigenvalue weighted by Gasteiger charge is -2.08. The van der Waals surface area contributed by atoms with Gasteiger partial charge in [0.05, 0.1) is 57.1 Å². The standard InChI is InChI=1S/C9H6F2N2O.C8H6F2N2.C8H9NO.C7H5F3N2.C7H3F3O.7CH4.HI/c1-13-8-2-7(10)6(4-14)9(11)5(8)3-12-13;1-12-8-3-5(9)2-7(10)6(8)4-11-12;1-9(7-10)8-5-3-2-4-6-8;8-4-1-6(9)5(3-12-11)7(10)2-4;8-4-1-6(9)5(3-11)7(10)2-4;;;;;;;;/h2-4H,1H3;2-4H,1H3;2-7H,1H3;1-3H,11H2;1-3H;7*1H4;1H/b;;;12-3+;;;;;;;;;. The molecule has 0 aliphatic carbocycles. The zero-order valence-electron chi connectivity index (χ0n) is 31.1. The molecule has 0 radical (unpaired) electrons. The summed E-state index contributed by atoms with van der Waals surface area (Å²) in [5.74, 6) is -4.63. The van der Waals surface area contributed by atoms with E-state index in [1.165, 1.54) is 32.7 Å². The van der Waals surface area contributed by atoms with Crippen LogP contribution in [-0.4, -0.2) is 51.8 Å². The zero-order chi connectivity index (χ0) is 44.0. The van der Waals surface area contributed by atoms with Crippen LogP contribution in [0.15, 0.2) is 90.3 Å². The third-order valence-corrected chi connectivity index (χ3v) is 7.61. The van der Waals surface area contributed by atoms with Crippen LogP contribution in [0.4, 0.5) is 49.6 Å². The Kier molecular flexibility index (Phi) is 36.3. The number of hydrazone groups is 1. The topological polar surface area (TPSA) is 128 Å². The van der Waals surface area contributed by atoms with Crippen molar-refractivity contribution >= 4 is 76.7 Å². The van der Waals surface area contributed by atoms with Crippen LogP contribution in [0, 0.1) is 58.2 Å². The van der Waals surface area contributed by atoms with Gasteiger partial charge in [0, 0.05) is 63.2 Å². The number of carbonyl (C=O) groups is 3. The van der Waals surface area contributed by atoms with Crippen molar-refractivity contribution < 1.29 is 58.3 Å². The highest BCUT2D eigenvalue weighted by molar-refractivity contribution is 14.0. The number of hydrogen-bond donors (Lipinski definition) is 1. The van der Waals surface area contributed by atoms with E-state index in [-0.39, 0.29) is 93.9 Å². The molecular weight excluding hydrogens is 1020 g/mol. The maximum Gasteiger partial charge on any atom is 0.213 e. The second kappa shape index (κ2) is 33.8. The minimum atomic E-state index is -1.18. The molecular formula is C46H58F10IN7O3. The number of fused-ring (bicyclic) bond motifs is 2. The number of carbonyl (C=O) groups excluding carboxylic acids is 3. The van der Waals surface area contributed by atoms with Crippen LogP contribution >= 0.6 is 24.0 Å². The second-order valence-corrected chi connectivity index (χ2v) is 11.5. The lowest BCUT2D eigenvalue weighted by atomic mass is 10.1. The van der Waals surface area contributed by atoms with Gasteiger partial charge in [0.1, 0.15) is 58.2 Å². The van der Waals surface area contributed by atoms with E-state index < -0.39 is 74.9 Å². The van der Waals surface area contributed by atoms with Crippen molar-refractivity contribution in [2.45, 2.75) is 52.0 Å². The van der Waals surface area contributed by atoms with E-state index in [1.807, 2.05) is 30.3 Å². The summed E-state index contributed by atoms with van der Waals surface area (Å²) in [4.78, 5) is 32.1. The largest absolute Gasteiger partial charge is 0.323 e. The van der Waals surface area contributed by atoms with Gasteiger partial charge >= 0.3 is 0 Å². The first kappa shape index (κ1) is 72.0. The van der Waals surface area contributed by atoms with E-state index in [2.05, 4.69) is 21.1 Å². The average molecular weight is 1070 g/mol. The molecule has 0 bridgehead atoms. The van der Waals surface area contributed by atoms with E-state index in [4.69, 9.17) is 0 Å². The van der Waals surface area contributed by atoms with Crippen molar-refractivity contribution in [1.82, 2.24) is 19.6 Å². The molecule has 2 aromatic heterocycles. The lowest BCUT2D eigenvalue weighted by molar-refractivity contribution is -0.107. The Labute approximate surface area is 402 Å². The van der Waals surface area contributed by atoms with Gasteiger partial charge in [0.15, 0.2) is 12.6 Å². The number of rotatable bonds is 5. The third-order valence-electron chi connectivity index (χ3n) is 7.61. The average Bonchev–Trinajstić information content (AvgIpc) is 3.75. The molecule has 1 amide bonds. The lowest BCUT2D eigenvalue weighted by Crippen LogP contribution is -2.12. The zero-order valence-corrected chi connectivity index (χ0v) is 33.4. The molecule has 0 aliphatic rings. The number of benzene rings is 5. The third kappa shape index (κ3) is 19.4. The van der Waals surface area contributed by atoms with Gasteiger partial charge < -0.3 is 10.7 Å². The SMILES string of the molecule is C.C.C.C.C.C.C.CN(C=O)c1ccccc1.Cn1ncc2c(F)c(C=O)c(F)cc21.Cn1ncc2c(F)cc(F)cc21.I.N/N=C/c1c(F)cc(F)cc1F.O=Cc1c(F)cc(F)cc1F. The fourth-order valence-corrected chi connectivity index (χ4v) is 4.66. The summed E-state index contributed by atoms with van der Waals surface area (Å²) in [7, 11) is 4.94. The van der Waals surface area contributed by atoms with Gasteiger partial charge in [-0.3, -0.25) is 23.7 Å². The Hall–Kier alpha value is -6.65. The van der Waals surface area contributed by atoms with Gasteiger partial charge in [-0.2, -0.15) is 15.3 Å². The molecule has 2 heterocycles. The molecule has 7 aromatic rings. The summed E-state index contributed by atoms with van der Waals surface area (Å²) in [6, 6.07) is 14.7. The summed E-state index contributed by atoms with van der Waals surface area (Å²) in [6.07, 6.45) is 4.38. The van der Waals surface area contributed by atoms with Crippen LogP contribution in [0.5, 0.6) is 0 Å². The highest BCUT2D eigenvalue weighted by Crippen LogP contribution is 2.22. The van der Waals surface area contributed by atoms with E-state index in [0.29, 0.717) is 40.7 Å². The van der Waals surface area contributed by atoms with Crippen molar-refractivity contribution in [3.8, 4) is 0 Å². The fraction of sp³-hybridized carbons (Fsp3) is 0.217. The van der Waals surface area contributed by atoms with E-state index in [9.17, 15) is 58.3 Å². The normalized spacial score (nSPS) is 9.09. The van der Waals surface area contributed by atoms with E-state index in [1.54, 1.807) is 21.1 Å². The van der Waals surface area contributed by atoms with Crippen molar-refractivity contribution in [2.75, 3.05) is 11.9 Å². The first-order valence-corrected chi connectivity index (χ1v) is 16.2. The van der Waals surface area contributed by atoms with Gasteiger partial charge in [0.2, 0.25) is 6.41 Å². The molecule has 0 unspecified atom stereocenters. The number of aryl methyl sites for hydroxylation is 2. The van der Waals surface area contributed by atoms with Crippen molar-refractivity contribution in [2.24, 2.45) is 25.0 Å². The summed E-state index contributed by atoms with van der Waals surface area (Å²) in [6.45, 7) is 0. The number of amides is 1. The van der Waals surface area contributed by atoms with Crippen molar-refractivity contribution in [3.63, 3.8) is 0 Å². The smallest absolute Gasteiger partial charge is 0.213 e. The van der Waals surface area contributed by atoms with Crippen LogP contribution in [-0.2, 0) is 18.9 Å². The number of nitrogens with zero attached hydrogens (tertiary/aromatic N) is 6. The van der Waals surface area contributed by atoms with Crippen LogP contribution in [0.3, 0.4) is 0 Å². The first-order chi connectivity index (χ1) is 28.0. The van der Waals surface area contributed by atoms with Crippen molar-refractivity contribution in [1.29, 1.82) is 0 Å². The number of aldehydes is 2. The monoisotopic (exact) mass is 1070 g/mol. The Morgan fingerprint density at radius 1 is 0.537 bits per heavy atom. The maximum absolute atomic E-state index is 13.4. The number of para-hydroxylation sites is 1. The summed E-state index contributed by atoms with van der Waals surface area (Å²) < 4.78 is 130. The minimum absolute atomic E-state index is 0. The van der Waals surface area contributed by atoms with Crippen LogP contribution in [0.25, 0.3) is 21.8 Å². The molecule has 10 nitrogen and oxygen atoms in total. The van der Waals surface area contributed by atoms with Gasteiger partial charge in [-0.25, -0.2) is 43.9 Å². The van der Waals surface area contributed by atoms with Gasteiger partial charge in [-0.15, -0.1) is 24.0 Å². The molecule has 7 rings (SSSR count). The minimum Gasteiger partial charge on any atom is -0.323 e. The Bertz CT molecular complexity index is 2570. The number of anilines is 1. The Morgan fingerprint density at radius 2 is 0.910 bits per heavy atom. The molecule has 67 heavy (non-hydrogen) atoms. The molecule has 0 atom stereocenters. The number of halogens is 11. The summed E-state index contributed by atoms with van der Waals surface area (Å²) in [5.41, 5.74) is -0.0357. The predicted molar refractivity (Wildman–Crippen MR) is 260 cm³/mol. The molecule has 2 N–H and O–H groups in total. The quantitative estimate of drug-likeness (QED) is 0.0457. The molecule has 0 spiro atoms. The Balaban J connectivity index is -0.000000169. The molecule has 0 saturated carbocycles.